The molecule has 0 spiro atoms. The number of hydrazine groups is 1. The molecule has 3 N–H and O–H groups in total. The van der Waals surface area contributed by atoms with Gasteiger partial charge in [0.2, 0.25) is 0 Å². The van der Waals surface area contributed by atoms with E-state index in [1.54, 1.807) is 17.4 Å². The highest BCUT2D eigenvalue weighted by Gasteiger charge is 2.13. The van der Waals surface area contributed by atoms with Crippen molar-refractivity contribution >= 4 is 21.4 Å². The van der Waals surface area contributed by atoms with Gasteiger partial charge < -0.3 is 0 Å². The van der Waals surface area contributed by atoms with Crippen molar-refractivity contribution in [2.45, 2.75) is 57.9 Å². The molecule has 1 unspecified atom stereocenters. The van der Waals surface area contributed by atoms with E-state index < -0.39 is 0 Å². The fourth-order valence-corrected chi connectivity index (χ4v) is 3.82. The van der Waals surface area contributed by atoms with Crippen molar-refractivity contribution in [3.05, 3.63) is 35.0 Å². The van der Waals surface area contributed by atoms with Gasteiger partial charge in [0.15, 0.2) is 0 Å². The first-order valence-corrected chi connectivity index (χ1v) is 8.71. The van der Waals surface area contributed by atoms with Crippen molar-refractivity contribution in [2.24, 2.45) is 5.84 Å². The topological polar surface area (TPSA) is 38.0 Å². The van der Waals surface area contributed by atoms with Crippen LogP contribution < -0.4 is 11.3 Å². The highest BCUT2D eigenvalue weighted by molar-refractivity contribution is 7.19. The summed E-state index contributed by atoms with van der Waals surface area (Å²) in [6.07, 6.45) is 8.74. The lowest BCUT2D eigenvalue weighted by molar-refractivity contribution is 0.483. The van der Waals surface area contributed by atoms with Crippen LogP contribution in [0.3, 0.4) is 0 Å². The molecule has 2 aromatic rings. The molecule has 2 rings (SSSR count). The molecule has 0 fully saturated rings. The van der Waals surface area contributed by atoms with Crippen LogP contribution in [-0.4, -0.2) is 0 Å². The lowest BCUT2D eigenvalue weighted by Gasteiger charge is -2.13. The highest BCUT2D eigenvalue weighted by Crippen LogP contribution is 2.32. The average molecular weight is 308 g/mol. The van der Waals surface area contributed by atoms with Gasteiger partial charge in [-0.25, -0.2) is 4.39 Å². The smallest absolute Gasteiger partial charge is 0.124 e. The predicted octanol–water partition coefficient (Wildman–Crippen LogP) is 5.30. The second-order valence-corrected chi connectivity index (χ2v) is 6.72. The molecule has 0 aliphatic carbocycles. The molecule has 1 atom stereocenters. The Morgan fingerprint density at radius 2 is 1.90 bits per heavy atom. The number of hydrogen-bond acceptors (Lipinski definition) is 3. The van der Waals surface area contributed by atoms with Gasteiger partial charge in [-0.1, -0.05) is 51.5 Å². The maximum atomic E-state index is 13.2. The first-order valence-electron chi connectivity index (χ1n) is 7.89. The Hall–Kier alpha value is -0.970. The van der Waals surface area contributed by atoms with Crippen molar-refractivity contribution in [3.63, 3.8) is 0 Å². The van der Waals surface area contributed by atoms with Gasteiger partial charge in [0.05, 0.1) is 6.04 Å². The minimum absolute atomic E-state index is 0.177. The molecule has 1 aromatic carbocycles. The molecule has 21 heavy (non-hydrogen) atoms. The molecule has 0 amide bonds. The second kappa shape index (κ2) is 8.47. The third kappa shape index (κ3) is 4.77. The van der Waals surface area contributed by atoms with Crippen LogP contribution in [0.2, 0.25) is 0 Å². The number of hydrogen-bond donors (Lipinski definition) is 2. The van der Waals surface area contributed by atoms with Gasteiger partial charge in [-0.05, 0) is 30.0 Å². The van der Waals surface area contributed by atoms with Crippen LogP contribution in [0.15, 0.2) is 24.3 Å². The summed E-state index contributed by atoms with van der Waals surface area (Å²) in [7, 11) is 0. The van der Waals surface area contributed by atoms with Crippen molar-refractivity contribution in [1.82, 2.24) is 5.43 Å². The van der Waals surface area contributed by atoms with E-state index in [-0.39, 0.29) is 11.9 Å². The maximum Gasteiger partial charge on any atom is 0.124 e. The van der Waals surface area contributed by atoms with E-state index in [0.29, 0.717) is 0 Å². The van der Waals surface area contributed by atoms with E-state index in [1.807, 2.05) is 6.07 Å². The number of fused-ring (bicyclic) bond motifs is 1. The number of benzene rings is 1. The summed E-state index contributed by atoms with van der Waals surface area (Å²) in [6.45, 7) is 2.23. The van der Waals surface area contributed by atoms with Gasteiger partial charge in [0.1, 0.15) is 5.82 Å². The van der Waals surface area contributed by atoms with Crippen LogP contribution in [0.1, 0.15) is 62.8 Å². The third-order valence-corrected chi connectivity index (χ3v) is 5.10. The largest absolute Gasteiger partial charge is 0.271 e. The van der Waals surface area contributed by atoms with Crippen LogP contribution in [-0.2, 0) is 0 Å². The molecule has 1 heterocycles. The first-order chi connectivity index (χ1) is 10.2. The van der Waals surface area contributed by atoms with E-state index in [9.17, 15) is 4.39 Å². The molecule has 0 aliphatic heterocycles. The lowest BCUT2D eigenvalue weighted by atomic mass is 10.0. The van der Waals surface area contributed by atoms with Gasteiger partial charge >= 0.3 is 0 Å². The molecular formula is C17H25FN2S. The summed E-state index contributed by atoms with van der Waals surface area (Å²) < 4.78 is 14.2. The fraction of sp³-hybridized carbons (Fsp3) is 0.529. The molecule has 0 saturated carbocycles. The Balaban J connectivity index is 1.90. The average Bonchev–Trinajstić information content (AvgIpc) is 2.89. The van der Waals surface area contributed by atoms with Crippen molar-refractivity contribution < 1.29 is 4.39 Å². The van der Waals surface area contributed by atoms with Crippen LogP contribution >= 0.6 is 11.3 Å². The Bertz CT molecular complexity index is 553. The zero-order valence-electron chi connectivity index (χ0n) is 12.7. The summed E-state index contributed by atoms with van der Waals surface area (Å²) >= 11 is 1.63. The number of nitrogens with two attached hydrogens (primary N) is 1. The van der Waals surface area contributed by atoms with E-state index in [1.165, 1.54) is 49.5 Å². The predicted molar refractivity (Wildman–Crippen MR) is 89.8 cm³/mol. The minimum atomic E-state index is -0.177. The molecule has 4 heteroatoms. The number of halogens is 1. The summed E-state index contributed by atoms with van der Waals surface area (Å²) in [4.78, 5) is 1.20. The monoisotopic (exact) mass is 308 g/mol. The Kier molecular flexibility index (Phi) is 6.61. The van der Waals surface area contributed by atoms with E-state index in [4.69, 9.17) is 5.84 Å². The van der Waals surface area contributed by atoms with Crippen LogP contribution in [0.5, 0.6) is 0 Å². The van der Waals surface area contributed by atoms with Gasteiger partial charge in [0.25, 0.3) is 0 Å². The zero-order valence-corrected chi connectivity index (χ0v) is 13.5. The number of nitrogens with one attached hydrogen (secondary N) is 1. The third-order valence-electron chi connectivity index (χ3n) is 3.89. The fourth-order valence-electron chi connectivity index (χ4n) is 2.63. The summed E-state index contributed by atoms with van der Waals surface area (Å²) in [5.41, 5.74) is 2.91. The van der Waals surface area contributed by atoms with Crippen LogP contribution in [0.25, 0.3) is 10.1 Å². The van der Waals surface area contributed by atoms with E-state index in [0.717, 1.165) is 16.5 Å². The maximum absolute atomic E-state index is 13.2. The molecule has 1 aromatic heterocycles. The highest BCUT2D eigenvalue weighted by atomic mass is 32.1. The molecule has 116 valence electrons. The van der Waals surface area contributed by atoms with Crippen molar-refractivity contribution in [3.8, 4) is 0 Å². The summed E-state index contributed by atoms with van der Waals surface area (Å²) in [6, 6.07) is 7.25. The van der Waals surface area contributed by atoms with Crippen molar-refractivity contribution in [1.29, 1.82) is 0 Å². The van der Waals surface area contributed by atoms with Crippen molar-refractivity contribution in [2.75, 3.05) is 0 Å². The number of rotatable bonds is 9. The minimum Gasteiger partial charge on any atom is -0.271 e. The van der Waals surface area contributed by atoms with Gasteiger partial charge in [-0.15, -0.1) is 11.3 Å². The molecule has 0 radical (unpaired) electrons. The lowest BCUT2D eigenvalue weighted by Crippen LogP contribution is -2.27. The SMILES string of the molecule is CCCCCCCCC(NN)c1cc2ccc(F)cc2s1. The molecule has 2 nitrogen and oxygen atoms in total. The zero-order chi connectivity index (χ0) is 15.1. The molecule has 0 saturated heterocycles. The van der Waals surface area contributed by atoms with Gasteiger partial charge in [-0.2, -0.15) is 0 Å². The summed E-state index contributed by atoms with van der Waals surface area (Å²) in [5, 5.41) is 1.10. The van der Waals surface area contributed by atoms with Crippen LogP contribution in [0.4, 0.5) is 4.39 Å². The number of thiophene rings is 1. The second-order valence-electron chi connectivity index (χ2n) is 5.61. The standard InChI is InChI=1S/C17H25FN2S/c1-2-3-4-5-6-7-8-15(20-19)17-11-13-9-10-14(18)12-16(13)21-17/h9-12,15,20H,2-8,19H2,1H3. The quantitative estimate of drug-likeness (QED) is 0.375. The normalized spacial score (nSPS) is 12.9. The summed E-state index contributed by atoms with van der Waals surface area (Å²) in [5.74, 6) is 5.52. The van der Waals surface area contributed by atoms with Crippen LogP contribution in [0, 0.1) is 5.82 Å². The van der Waals surface area contributed by atoms with E-state index >= 15 is 0 Å². The molecular weight excluding hydrogens is 283 g/mol. The molecule has 0 aliphatic rings. The number of unbranched alkanes of at least 4 members (excludes halogenated alkanes) is 5. The van der Waals surface area contributed by atoms with Gasteiger partial charge in [0, 0.05) is 9.58 Å². The molecule has 0 bridgehead atoms. The Morgan fingerprint density at radius 3 is 2.67 bits per heavy atom. The Morgan fingerprint density at radius 1 is 1.14 bits per heavy atom. The Labute approximate surface area is 130 Å². The first kappa shape index (κ1) is 16.4. The van der Waals surface area contributed by atoms with Gasteiger partial charge in [-0.3, -0.25) is 11.3 Å². The van der Waals surface area contributed by atoms with E-state index in [2.05, 4.69) is 18.4 Å².